The SMILES string of the molecule is CCOc1ccc2c(-c3ccc(Cl)cc3)c(-c3ccc(NC(=O)OC(C)C4CC4)cc3)n(C3CCC3)c2c1. The van der Waals surface area contributed by atoms with Crippen LogP contribution >= 0.6 is 11.6 Å². The zero-order chi connectivity index (χ0) is 26.2. The molecule has 2 aliphatic carbocycles. The normalized spacial score (nSPS) is 16.2. The minimum atomic E-state index is -0.397. The van der Waals surface area contributed by atoms with Gasteiger partial charge in [-0.2, -0.15) is 0 Å². The second-order valence-corrected chi connectivity index (χ2v) is 10.9. The highest BCUT2D eigenvalue weighted by Crippen LogP contribution is 2.47. The van der Waals surface area contributed by atoms with Gasteiger partial charge in [-0.15, -0.1) is 0 Å². The maximum atomic E-state index is 12.4. The number of halogens is 1. The zero-order valence-corrected chi connectivity index (χ0v) is 22.6. The minimum absolute atomic E-state index is 0.0454. The molecule has 0 aliphatic heterocycles. The topological polar surface area (TPSA) is 52.5 Å². The Bertz CT molecular complexity index is 1450. The van der Waals surface area contributed by atoms with E-state index in [9.17, 15) is 4.79 Å². The molecular formula is C32H33ClN2O3. The number of carbonyl (C=O) groups is 1. The predicted octanol–water partition coefficient (Wildman–Crippen LogP) is 9.10. The monoisotopic (exact) mass is 528 g/mol. The van der Waals surface area contributed by atoms with Gasteiger partial charge in [0.05, 0.1) is 17.8 Å². The molecule has 196 valence electrons. The van der Waals surface area contributed by atoms with E-state index in [4.69, 9.17) is 21.1 Å². The van der Waals surface area contributed by atoms with Crippen molar-refractivity contribution in [2.75, 3.05) is 11.9 Å². The second-order valence-electron chi connectivity index (χ2n) is 10.4. The molecule has 2 fully saturated rings. The van der Waals surface area contributed by atoms with E-state index in [1.165, 1.54) is 28.6 Å². The van der Waals surface area contributed by atoms with E-state index in [1.807, 2.05) is 38.1 Å². The van der Waals surface area contributed by atoms with E-state index in [2.05, 4.69) is 52.3 Å². The van der Waals surface area contributed by atoms with Crippen molar-refractivity contribution in [3.8, 4) is 28.1 Å². The molecule has 6 heteroatoms. The fraction of sp³-hybridized carbons (Fsp3) is 0.344. The molecule has 1 heterocycles. The Balaban J connectivity index is 1.43. The Kier molecular flexibility index (Phi) is 6.79. The van der Waals surface area contributed by atoms with Crippen LogP contribution in [-0.2, 0) is 4.74 Å². The van der Waals surface area contributed by atoms with Crippen LogP contribution in [0.5, 0.6) is 5.75 Å². The summed E-state index contributed by atoms with van der Waals surface area (Å²) in [7, 11) is 0. The summed E-state index contributed by atoms with van der Waals surface area (Å²) in [5, 5.41) is 4.81. The molecule has 0 radical (unpaired) electrons. The maximum Gasteiger partial charge on any atom is 0.411 e. The number of anilines is 1. The molecule has 1 N–H and O–H groups in total. The average Bonchev–Trinajstić information content (AvgIpc) is 3.68. The molecule has 3 aromatic carbocycles. The summed E-state index contributed by atoms with van der Waals surface area (Å²) >= 11 is 6.26. The van der Waals surface area contributed by atoms with Gasteiger partial charge in [0.25, 0.3) is 0 Å². The fourth-order valence-corrected chi connectivity index (χ4v) is 5.58. The molecule has 1 unspecified atom stereocenters. The lowest BCUT2D eigenvalue weighted by Gasteiger charge is -2.30. The fourth-order valence-electron chi connectivity index (χ4n) is 5.45. The molecule has 5 nitrogen and oxygen atoms in total. The lowest BCUT2D eigenvalue weighted by atomic mass is 9.91. The van der Waals surface area contributed by atoms with Gasteiger partial charge in [-0.3, -0.25) is 5.32 Å². The van der Waals surface area contributed by atoms with Gasteiger partial charge in [0.2, 0.25) is 0 Å². The van der Waals surface area contributed by atoms with Crippen molar-refractivity contribution in [2.45, 2.75) is 58.1 Å². The lowest BCUT2D eigenvalue weighted by molar-refractivity contribution is 0.108. The summed E-state index contributed by atoms with van der Waals surface area (Å²) in [6.07, 6.45) is 5.37. The standard InChI is InChI=1S/C32H33ClN2O3/c1-3-37-27-17-18-28-29(19-27)35(26-5-4-6-26)31(30(28)22-9-13-24(33)14-10-22)23-11-15-25(16-12-23)34-32(36)38-20(2)21-7-8-21/h9-21,26H,3-8H2,1-2H3,(H,34,36). The lowest BCUT2D eigenvalue weighted by Crippen LogP contribution is -2.21. The molecule has 0 spiro atoms. The first-order valence-corrected chi connectivity index (χ1v) is 14.0. The number of fused-ring (bicyclic) bond motifs is 1. The van der Waals surface area contributed by atoms with Crippen LogP contribution in [0.25, 0.3) is 33.3 Å². The van der Waals surface area contributed by atoms with Crippen LogP contribution < -0.4 is 10.1 Å². The third kappa shape index (κ3) is 4.88. The number of hydrogen-bond donors (Lipinski definition) is 1. The summed E-state index contributed by atoms with van der Waals surface area (Å²) in [5.41, 5.74) is 6.49. The van der Waals surface area contributed by atoms with Gasteiger partial charge in [0.1, 0.15) is 11.9 Å². The number of carbonyl (C=O) groups excluding carboxylic acids is 1. The number of amides is 1. The highest BCUT2D eigenvalue weighted by atomic mass is 35.5. The first-order chi connectivity index (χ1) is 18.5. The van der Waals surface area contributed by atoms with Crippen LogP contribution in [0.3, 0.4) is 0 Å². The third-order valence-corrected chi connectivity index (χ3v) is 8.10. The van der Waals surface area contributed by atoms with Crippen LogP contribution in [0.15, 0.2) is 66.7 Å². The quantitative estimate of drug-likeness (QED) is 0.248. The van der Waals surface area contributed by atoms with Gasteiger partial charge in [0, 0.05) is 33.8 Å². The Labute approximate surface area is 228 Å². The maximum absolute atomic E-state index is 12.4. The van der Waals surface area contributed by atoms with Crippen LogP contribution in [0, 0.1) is 5.92 Å². The van der Waals surface area contributed by atoms with Crippen molar-refractivity contribution in [3.63, 3.8) is 0 Å². The second kappa shape index (κ2) is 10.4. The van der Waals surface area contributed by atoms with E-state index < -0.39 is 6.09 Å². The molecule has 1 aromatic heterocycles. The number of hydrogen-bond acceptors (Lipinski definition) is 3. The van der Waals surface area contributed by atoms with Gasteiger partial charge in [-0.1, -0.05) is 35.9 Å². The van der Waals surface area contributed by atoms with Gasteiger partial charge in [-0.05, 0) is 99.4 Å². The van der Waals surface area contributed by atoms with Crippen molar-refractivity contribution in [2.24, 2.45) is 5.92 Å². The first kappa shape index (κ1) is 24.9. The number of rotatable bonds is 8. The van der Waals surface area contributed by atoms with E-state index in [0.29, 0.717) is 18.6 Å². The first-order valence-electron chi connectivity index (χ1n) is 13.7. The molecule has 0 saturated heterocycles. The average molecular weight is 529 g/mol. The summed E-state index contributed by atoms with van der Waals surface area (Å²) < 4.78 is 13.9. The number of nitrogens with one attached hydrogen (secondary N) is 1. The molecule has 6 rings (SSSR count). The summed E-state index contributed by atoms with van der Waals surface area (Å²) in [6.45, 7) is 4.61. The van der Waals surface area contributed by atoms with Gasteiger partial charge >= 0.3 is 6.09 Å². The third-order valence-electron chi connectivity index (χ3n) is 7.84. The van der Waals surface area contributed by atoms with Gasteiger partial charge in [-0.25, -0.2) is 4.79 Å². The molecule has 1 amide bonds. The Morgan fingerprint density at radius 3 is 2.34 bits per heavy atom. The smallest absolute Gasteiger partial charge is 0.411 e. The predicted molar refractivity (Wildman–Crippen MR) is 154 cm³/mol. The van der Waals surface area contributed by atoms with Crippen molar-refractivity contribution in [1.29, 1.82) is 0 Å². The van der Waals surface area contributed by atoms with Crippen molar-refractivity contribution in [3.05, 3.63) is 71.8 Å². The molecule has 38 heavy (non-hydrogen) atoms. The summed E-state index contributed by atoms with van der Waals surface area (Å²) in [4.78, 5) is 12.4. The van der Waals surface area contributed by atoms with E-state index in [1.54, 1.807) is 0 Å². The van der Waals surface area contributed by atoms with E-state index in [-0.39, 0.29) is 6.10 Å². The van der Waals surface area contributed by atoms with E-state index in [0.717, 1.165) is 53.3 Å². The number of ether oxygens (including phenoxy) is 2. The van der Waals surface area contributed by atoms with Crippen molar-refractivity contribution < 1.29 is 14.3 Å². The molecule has 0 bridgehead atoms. The minimum Gasteiger partial charge on any atom is -0.494 e. The van der Waals surface area contributed by atoms with Crippen LogP contribution in [-0.4, -0.2) is 23.4 Å². The number of aromatic nitrogens is 1. The molecule has 4 aromatic rings. The Morgan fingerprint density at radius 1 is 1.00 bits per heavy atom. The largest absolute Gasteiger partial charge is 0.494 e. The van der Waals surface area contributed by atoms with Crippen molar-refractivity contribution in [1.82, 2.24) is 4.57 Å². The number of benzene rings is 3. The number of nitrogens with zero attached hydrogens (tertiary/aromatic N) is 1. The summed E-state index contributed by atoms with van der Waals surface area (Å²) in [6, 6.07) is 23.0. The molecule has 1 atom stereocenters. The van der Waals surface area contributed by atoms with Crippen LogP contribution in [0.1, 0.15) is 52.0 Å². The van der Waals surface area contributed by atoms with E-state index >= 15 is 0 Å². The van der Waals surface area contributed by atoms with Crippen molar-refractivity contribution >= 4 is 34.3 Å². The highest BCUT2D eigenvalue weighted by molar-refractivity contribution is 6.30. The zero-order valence-electron chi connectivity index (χ0n) is 21.9. The summed E-state index contributed by atoms with van der Waals surface area (Å²) in [5.74, 6) is 1.39. The molecule has 2 saturated carbocycles. The van der Waals surface area contributed by atoms with Gasteiger partial charge in [0.15, 0.2) is 0 Å². The molecular weight excluding hydrogens is 496 g/mol. The van der Waals surface area contributed by atoms with Crippen LogP contribution in [0.2, 0.25) is 5.02 Å². The molecule has 2 aliphatic rings. The Hall–Kier alpha value is -3.44. The highest BCUT2D eigenvalue weighted by Gasteiger charge is 2.31. The Morgan fingerprint density at radius 2 is 1.71 bits per heavy atom. The van der Waals surface area contributed by atoms with Gasteiger partial charge < -0.3 is 14.0 Å². The van der Waals surface area contributed by atoms with Crippen LogP contribution in [0.4, 0.5) is 10.5 Å².